The molecule has 102 valence electrons. The zero-order valence-electron chi connectivity index (χ0n) is 9.79. The fourth-order valence-electron chi connectivity index (χ4n) is 1.43. The number of thiophene rings is 1. The van der Waals surface area contributed by atoms with Crippen molar-refractivity contribution in [3.63, 3.8) is 0 Å². The minimum atomic E-state index is -3.76. The van der Waals surface area contributed by atoms with Crippen molar-refractivity contribution in [2.45, 2.75) is 20.2 Å². The standard InChI is InChI=1S/C11H10ClNO3S3/c1-7-6-10(19(13,15)16)17-11(7)18(14)9-4-2-8(12)3-5-9/h2-6H,1H3,(H2,13,15,16). The molecule has 19 heavy (non-hydrogen) atoms. The van der Waals surface area contributed by atoms with Gasteiger partial charge < -0.3 is 0 Å². The number of hydrogen-bond acceptors (Lipinski definition) is 4. The lowest BCUT2D eigenvalue weighted by Crippen LogP contribution is -2.09. The van der Waals surface area contributed by atoms with Crippen LogP contribution < -0.4 is 5.14 Å². The summed E-state index contributed by atoms with van der Waals surface area (Å²) >= 11 is 6.69. The average Bonchev–Trinajstić information content (AvgIpc) is 2.71. The highest BCUT2D eigenvalue weighted by Gasteiger charge is 2.19. The first kappa shape index (κ1) is 14.7. The molecule has 1 aromatic heterocycles. The number of hydrogen-bond donors (Lipinski definition) is 1. The third-order valence-electron chi connectivity index (χ3n) is 2.33. The first-order chi connectivity index (χ1) is 8.79. The Morgan fingerprint density at radius 2 is 1.84 bits per heavy atom. The van der Waals surface area contributed by atoms with Gasteiger partial charge in [-0.2, -0.15) is 0 Å². The van der Waals surface area contributed by atoms with Crippen molar-refractivity contribution in [3.8, 4) is 0 Å². The second-order valence-electron chi connectivity index (χ2n) is 3.80. The van der Waals surface area contributed by atoms with E-state index in [4.69, 9.17) is 16.7 Å². The largest absolute Gasteiger partial charge is 0.248 e. The van der Waals surface area contributed by atoms with E-state index in [0.717, 1.165) is 11.3 Å². The molecule has 0 spiro atoms. The molecule has 2 aromatic rings. The number of rotatable bonds is 3. The highest BCUT2D eigenvalue weighted by Crippen LogP contribution is 2.31. The smallest absolute Gasteiger partial charge is 0.247 e. The minimum Gasteiger partial charge on any atom is -0.248 e. The van der Waals surface area contributed by atoms with Gasteiger partial charge in [0.2, 0.25) is 10.0 Å². The quantitative estimate of drug-likeness (QED) is 0.936. The molecule has 1 atom stereocenters. The molecule has 1 heterocycles. The second kappa shape index (κ2) is 5.34. The van der Waals surface area contributed by atoms with E-state index >= 15 is 0 Å². The summed E-state index contributed by atoms with van der Waals surface area (Å²) in [6.07, 6.45) is 0. The van der Waals surface area contributed by atoms with Gasteiger partial charge in [0, 0.05) is 9.92 Å². The lowest BCUT2D eigenvalue weighted by atomic mass is 10.4. The Kier molecular flexibility index (Phi) is 4.12. The molecular formula is C11H10ClNO3S3. The number of aryl methyl sites for hydroxylation is 1. The van der Waals surface area contributed by atoms with Gasteiger partial charge in [0.25, 0.3) is 0 Å². The Hall–Kier alpha value is -0.730. The van der Waals surface area contributed by atoms with Gasteiger partial charge in [-0.15, -0.1) is 11.3 Å². The van der Waals surface area contributed by atoms with Crippen LogP contribution in [0.15, 0.2) is 43.6 Å². The molecule has 2 rings (SSSR count). The van der Waals surface area contributed by atoms with Gasteiger partial charge in [-0.05, 0) is 42.8 Å². The van der Waals surface area contributed by atoms with Gasteiger partial charge in [0.05, 0.1) is 10.8 Å². The summed E-state index contributed by atoms with van der Waals surface area (Å²) < 4.78 is 35.4. The number of nitrogens with two attached hydrogens (primary N) is 1. The van der Waals surface area contributed by atoms with Gasteiger partial charge in [-0.3, -0.25) is 0 Å². The summed E-state index contributed by atoms with van der Waals surface area (Å²) in [5.74, 6) is 0. The number of primary sulfonamides is 1. The molecule has 0 aliphatic rings. The normalized spacial score (nSPS) is 13.4. The molecule has 0 aliphatic carbocycles. The van der Waals surface area contributed by atoms with Crippen LogP contribution >= 0.6 is 22.9 Å². The first-order valence-corrected chi connectivity index (χ1v) is 8.98. The van der Waals surface area contributed by atoms with Crippen LogP contribution in [0.25, 0.3) is 0 Å². The van der Waals surface area contributed by atoms with Crippen LogP contribution in [0.4, 0.5) is 0 Å². The van der Waals surface area contributed by atoms with Crippen molar-refractivity contribution >= 4 is 43.8 Å². The zero-order valence-corrected chi connectivity index (χ0v) is 13.0. The number of sulfonamides is 1. The van der Waals surface area contributed by atoms with Crippen LogP contribution in [0.5, 0.6) is 0 Å². The van der Waals surface area contributed by atoms with Gasteiger partial charge in [-0.1, -0.05) is 11.6 Å². The van der Waals surface area contributed by atoms with Crippen molar-refractivity contribution < 1.29 is 12.6 Å². The molecule has 0 radical (unpaired) electrons. The molecule has 0 amide bonds. The maximum absolute atomic E-state index is 12.4. The van der Waals surface area contributed by atoms with Crippen molar-refractivity contribution in [3.05, 3.63) is 40.9 Å². The van der Waals surface area contributed by atoms with E-state index in [1.54, 1.807) is 31.2 Å². The topological polar surface area (TPSA) is 77.2 Å². The van der Waals surface area contributed by atoms with E-state index < -0.39 is 20.8 Å². The lowest BCUT2D eigenvalue weighted by molar-refractivity contribution is 0.599. The summed E-state index contributed by atoms with van der Waals surface area (Å²) in [5.41, 5.74) is 0.641. The maximum atomic E-state index is 12.4. The predicted molar refractivity (Wildman–Crippen MR) is 76.6 cm³/mol. The number of benzene rings is 1. The molecule has 1 unspecified atom stereocenters. The molecule has 8 heteroatoms. The maximum Gasteiger partial charge on any atom is 0.247 e. The molecule has 1 aromatic carbocycles. The first-order valence-electron chi connectivity index (χ1n) is 5.09. The van der Waals surface area contributed by atoms with Gasteiger partial charge in [-0.25, -0.2) is 17.8 Å². The fourth-order valence-corrected chi connectivity index (χ4v) is 5.21. The summed E-state index contributed by atoms with van der Waals surface area (Å²) in [7, 11) is -5.20. The molecule has 0 saturated heterocycles. The van der Waals surface area contributed by atoms with Crippen LogP contribution in [0.1, 0.15) is 5.56 Å². The summed E-state index contributed by atoms with van der Waals surface area (Å²) in [4.78, 5) is 0.565. The molecule has 0 bridgehead atoms. The van der Waals surface area contributed by atoms with Crippen molar-refractivity contribution in [1.82, 2.24) is 0 Å². The zero-order chi connectivity index (χ0) is 14.2. The third kappa shape index (κ3) is 3.24. The van der Waals surface area contributed by atoms with E-state index in [2.05, 4.69) is 0 Å². The molecule has 2 N–H and O–H groups in total. The van der Waals surface area contributed by atoms with Crippen LogP contribution in [-0.2, 0) is 20.8 Å². The number of halogens is 1. The lowest BCUT2D eigenvalue weighted by Gasteiger charge is -2.00. The van der Waals surface area contributed by atoms with E-state index in [-0.39, 0.29) is 4.21 Å². The van der Waals surface area contributed by atoms with Crippen LogP contribution in [0, 0.1) is 6.92 Å². The van der Waals surface area contributed by atoms with E-state index in [9.17, 15) is 12.6 Å². The Morgan fingerprint density at radius 3 is 2.32 bits per heavy atom. The third-order valence-corrected chi connectivity index (χ3v) is 7.09. The summed E-state index contributed by atoms with van der Waals surface area (Å²) in [6.45, 7) is 1.70. The fraction of sp³-hybridized carbons (Fsp3) is 0.0909. The molecule has 4 nitrogen and oxygen atoms in total. The van der Waals surface area contributed by atoms with Crippen LogP contribution in [0.3, 0.4) is 0 Å². The molecule has 0 fully saturated rings. The van der Waals surface area contributed by atoms with Crippen LogP contribution in [-0.4, -0.2) is 12.6 Å². The van der Waals surface area contributed by atoms with E-state index in [1.807, 2.05) is 0 Å². The van der Waals surface area contributed by atoms with E-state index in [1.165, 1.54) is 6.07 Å². The van der Waals surface area contributed by atoms with Crippen molar-refractivity contribution in [2.24, 2.45) is 5.14 Å². The summed E-state index contributed by atoms with van der Waals surface area (Å²) in [5, 5.41) is 5.61. The summed E-state index contributed by atoms with van der Waals surface area (Å²) in [6, 6.07) is 8.00. The Balaban J connectivity index is 2.45. The second-order valence-corrected chi connectivity index (χ2v) is 8.76. The molecule has 0 aliphatic heterocycles. The Bertz CT molecular complexity index is 735. The Labute approximate surface area is 122 Å². The Morgan fingerprint density at radius 1 is 1.26 bits per heavy atom. The monoisotopic (exact) mass is 335 g/mol. The van der Waals surface area contributed by atoms with Crippen molar-refractivity contribution in [1.29, 1.82) is 0 Å². The molecule has 0 saturated carbocycles. The van der Waals surface area contributed by atoms with Crippen molar-refractivity contribution in [2.75, 3.05) is 0 Å². The van der Waals surface area contributed by atoms with Gasteiger partial charge in [0.15, 0.2) is 0 Å². The SMILES string of the molecule is Cc1cc(S(N)(=O)=O)sc1S(=O)c1ccc(Cl)cc1. The predicted octanol–water partition coefficient (Wildman–Crippen LogP) is 2.52. The van der Waals surface area contributed by atoms with Gasteiger partial charge >= 0.3 is 0 Å². The highest BCUT2D eigenvalue weighted by atomic mass is 35.5. The van der Waals surface area contributed by atoms with Gasteiger partial charge in [0.1, 0.15) is 8.42 Å². The minimum absolute atomic E-state index is 0.0160. The average molecular weight is 336 g/mol. The van der Waals surface area contributed by atoms with E-state index in [0.29, 0.717) is 19.7 Å². The molecular weight excluding hydrogens is 326 g/mol. The van der Waals surface area contributed by atoms with Crippen LogP contribution in [0.2, 0.25) is 5.02 Å². The highest BCUT2D eigenvalue weighted by molar-refractivity contribution is 7.92.